The first-order valence-electron chi connectivity index (χ1n) is 7.91. The van der Waals surface area contributed by atoms with Gasteiger partial charge in [0, 0.05) is 30.7 Å². The molecule has 25 heavy (non-hydrogen) atoms. The number of amides is 1. The fraction of sp³-hybridized carbons (Fsp3) is 0.412. The Morgan fingerprint density at radius 2 is 2.00 bits per heavy atom. The van der Waals surface area contributed by atoms with Crippen LogP contribution in [0.5, 0.6) is 5.75 Å². The summed E-state index contributed by atoms with van der Waals surface area (Å²) in [6.45, 7) is 3.56. The first-order valence-corrected chi connectivity index (χ1v) is 7.91. The summed E-state index contributed by atoms with van der Waals surface area (Å²) in [6.07, 6.45) is -1.04. The highest BCUT2D eigenvalue weighted by Crippen LogP contribution is 2.39. The van der Waals surface area contributed by atoms with Crippen LogP contribution in [-0.4, -0.2) is 33.1 Å². The van der Waals surface area contributed by atoms with Crippen molar-refractivity contribution in [2.45, 2.75) is 45.1 Å². The Kier molecular flexibility index (Phi) is 4.61. The van der Waals surface area contributed by atoms with Gasteiger partial charge in [0.1, 0.15) is 11.9 Å². The molecule has 6 nitrogen and oxygen atoms in total. The number of anilines is 1. The summed E-state index contributed by atoms with van der Waals surface area (Å²) in [6, 6.07) is 6.68. The highest BCUT2D eigenvalue weighted by Gasteiger charge is 2.47. The van der Waals surface area contributed by atoms with E-state index in [1.165, 1.54) is 0 Å². The SMILES string of the molecule is Cc1ccc(NC(=O)Cc2cc(OC3CC(F)(F)C3)cc(C)n2)nn1. The van der Waals surface area contributed by atoms with Gasteiger partial charge >= 0.3 is 0 Å². The lowest BCUT2D eigenvalue weighted by molar-refractivity contribution is -0.134. The molecule has 0 unspecified atom stereocenters. The topological polar surface area (TPSA) is 77.0 Å². The Hall–Kier alpha value is -2.64. The zero-order valence-electron chi connectivity index (χ0n) is 13.9. The molecule has 0 aromatic carbocycles. The zero-order chi connectivity index (χ0) is 18.0. The van der Waals surface area contributed by atoms with Crippen molar-refractivity contribution in [1.29, 1.82) is 0 Å². The highest BCUT2D eigenvalue weighted by molar-refractivity contribution is 5.91. The molecule has 3 rings (SSSR count). The Bertz CT molecular complexity index is 773. The molecule has 0 radical (unpaired) electrons. The minimum absolute atomic E-state index is 0.0222. The summed E-state index contributed by atoms with van der Waals surface area (Å²) >= 11 is 0. The molecule has 2 aromatic heterocycles. The number of aromatic nitrogens is 3. The average Bonchev–Trinajstić information content (AvgIpc) is 2.47. The van der Waals surface area contributed by atoms with Crippen LogP contribution in [-0.2, 0) is 11.2 Å². The minimum Gasteiger partial charge on any atom is -0.490 e. The average molecular weight is 348 g/mol. The molecule has 8 heteroatoms. The van der Waals surface area contributed by atoms with E-state index in [1.54, 1.807) is 38.1 Å². The first-order chi connectivity index (χ1) is 11.8. The molecule has 0 saturated heterocycles. The van der Waals surface area contributed by atoms with Crippen LogP contribution in [0.4, 0.5) is 14.6 Å². The van der Waals surface area contributed by atoms with Crippen LogP contribution in [0.3, 0.4) is 0 Å². The lowest BCUT2D eigenvalue weighted by Gasteiger charge is -2.34. The van der Waals surface area contributed by atoms with Crippen molar-refractivity contribution in [2.24, 2.45) is 0 Å². The van der Waals surface area contributed by atoms with Gasteiger partial charge in [-0.1, -0.05) is 0 Å². The van der Waals surface area contributed by atoms with E-state index in [4.69, 9.17) is 4.74 Å². The number of ether oxygens (including phenoxy) is 1. The standard InChI is InChI=1S/C17H18F2N4O2/c1-10-3-4-15(23-22-10)21-16(24)7-12-6-13(5-11(2)20-12)25-14-8-17(18,19)9-14/h3-6,14H,7-9H2,1-2H3,(H,21,23,24). The van der Waals surface area contributed by atoms with Crippen LogP contribution in [0.2, 0.25) is 0 Å². The summed E-state index contributed by atoms with van der Waals surface area (Å²) in [5, 5.41) is 10.4. The van der Waals surface area contributed by atoms with Crippen LogP contribution in [0.25, 0.3) is 0 Å². The molecule has 1 N–H and O–H groups in total. The molecule has 0 atom stereocenters. The van der Waals surface area contributed by atoms with E-state index in [2.05, 4.69) is 20.5 Å². The van der Waals surface area contributed by atoms with E-state index in [-0.39, 0.29) is 25.2 Å². The van der Waals surface area contributed by atoms with Crippen molar-refractivity contribution in [3.63, 3.8) is 0 Å². The Morgan fingerprint density at radius 1 is 1.24 bits per heavy atom. The quantitative estimate of drug-likeness (QED) is 0.899. The number of hydrogen-bond donors (Lipinski definition) is 1. The van der Waals surface area contributed by atoms with Crippen LogP contribution in [0.15, 0.2) is 24.3 Å². The number of nitrogens with zero attached hydrogens (tertiary/aromatic N) is 3. The Labute approximate surface area is 143 Å². The van der Waals surface area contributed by atoms with Crippen LogP contribution in [0, 0.1) is 13.8 Å². The summed E-state index contributed by atoms with van der Waals surface area (Å²) in [4.78, 5) is 16.4. The molecule has 2 aromatic rings. The van der Waals surface area contributed by atoms with Gasteiger partial charge in [-0.2, -0.15) is 5.10 Å². The Morgan fingerprint density at radius 3 is 2.64 bits per heavy atom. The number of rotatable bonds is 5. The predicted octanol–water partition coefficient (Wildman–Crippen LogP) is 2.85. The van der Waals surface area contributed by atoms with Crippen molar-refractivity contribution < 1.29 is 18.3 Å². The number of halogens is 2. The number of alkyl halides is 2. The van der Waals surface area contributed by atoms with E-state index in [9.17, 15) is 13.6 Å². The fourth-order valence-electron chi connectivity index (χ4n) is 2.56. The monoisotopic (exact) mass is 348 g/mol. The second-order valence-corrected chi connectivity index (χ2v) is 6.22. The van der Waals surface area contributed by atoms with E-state index < -0.39 is 12.0 Å². The van der Waals surface area contributed by atoms with E-state index in [0.29, 0.717) is 23.0 Å². The number of carbonyl (C=O) groups is 1. The molecular formula is C17H18F2N4O2. The van der Waals surface area contributed by atoms with Crippen LogP contribution in [0.1, 0.15) is 29.9 Å². The third-order valence-electron chi connectivity index (χ3n) is 3.74. The number of pyridine rings is 1. The summed E-state index contributed by atoms with van der Waals surface area (Å²) in [5.41, 5.74) is 1.90. The first kappa shape index (κ1) is 17.2. The third-order valence-corrected chi connectivity index (χ3v) is 3.74. The molecule has 1 fully saturated rings. The smallest absolute Gasteiger partial charge is 0.255 e. The number of aryl methyl sites for hydroxylation is 2. The maximum Gasteiger partial charge on any atom is 0.255 e. The summed E-state index contributed by atoms with van der Waals surface area (Å²) in [5.74, 6) is -2.12. The van der Waals surface area contributed by atoms with Crippen molar-refractivity contribution >= 4 is 11.7 Å². The van der Waals surface area contributed by atoms with Crippen molar-refractivity contribution in [2.75, 3.05) is 5.32 Å². The van der Waals surface area contributed by atoms with Gasteiger partial charge in [-0.05, 0) is 26.0 Å². The van der Waals surface area contributed by atoms with Gasteiger partial charge in [0.2, 0.25) is 5.91 Å². The molecule has 132 valence electrons. The van der Waals surface area contributed by atoms with E-state index >= 15 is 0 Å². The van der Waals surface area contributed by atoms with Gasteiger partial charge in [0.25, 0.3) is 5.92 Å². The maximum absolute atomic E-state index is 12.9. The maximum atomic E-state index is 12.9. The van der Waals surface area contributed by atoms with Crippen molar-refractivity contribution in [3.8, 4) is 5.75 Å². The zero-order valence-corrected chi connectivity index (χ0v) is 13.9. The predicted molar refractivity (Wildman–Crippen MR) is 86.7 cm³/mol. The number of carbonyl (C=O) groups excluding carboxylic acids is 1. The second kappa shape index (κ2) is 6.70. The summed E-state index contributed by atoms with van der Waals surface area (Å²) in [7, 11) is 0. The molecule has 2 heterocycles. The van der Waals surface area contributed by atoms with Crippen molar-refractivity contribution in [1.82, 2.24) is 15.2 Å². The molecule has 0 spiro atoms. The molecule has 1 aliphatic rings. The second-order valence-electron chi connectivity index (χ2n) is 6.22. The third kappa shape index (κ3) is 4.68. The van der Waals surface area contributed by atoms with Crippen molar-refractivity contribution in [3.05, 3.63) is 41.3 Å². The molecule has 1 amide bonds. The minimum atomic E-state index is -2.63. The number of hydrogen-bond acceptors (Lipinski definition) is 5. The summed E-state index contributed by atoms with van der Waals surface area (Å²) < 4.78 is 31.3. The normalized spacial score (nSPS) is 16.2. The molecule has 1 saturated carbocycles. The van der Waals surface area contributed by atoms with Gasteiger partial charge < -0.3 is 10.1 Å². The largest absolute Gasteiger partial charge is 0.490 e. The van der Waals surface area contributed by atoms with Crippen LogP contribution >= 0.6 is 0 Å². The van der Waals surface area contributed by atoms with Gasteiger partial charge in [0.15, 0.2) is 5.82 Å². The van der Waals surface area contributed by atoms with Gasteiger partial charge in [0.05, 0.1) is 17.8 Å². The number of nitrogens with one attached hydrogen (secondary N) is 1. The molecular weight excluding hydrogens is 330 g/mol. The molecule has 0 bridgehead atoms. The van der Waals surface area contributed by atoms with Gasteiger partial charge in [-0.15, -0.1) is 5.10 Å². The molecule has 0 aliphatic heterocycles. The molecule has 1 aliphatic carbocycles. The lowest BCUT2D eigenvalue weighted by Crippen LogP contribution is -2.43. The Balaban J connectivity index is 1.61. The van der Waals surface area contributed by atoms with Gasteiger partial charge in [-0.25, -0.2) is 8.78 Å². The fourth-order valence-corrected chi connectivity index (χ4v) is 2.56. The highest BCUT2D eigenvalue weighted by atomic mass is 19.3. The van der Waals surface area contributed by atoms with E-state index in [1.807, 2.05) is 0 Å². The van der Waals surface area contributed by atoms with Gasteiger partial charge in [-0.3, -0.25) is 9.78 Å². The lowest BCUT2D eigenvalue weighted by atomic mass is 9.91. The van der Waals surface area contributed by atoms with E-state index in [0.717, 1.165) is 5.69 Å². The van der Waals surface area contributed by atoms with Crippen LogP contribution < -0.4 is 10.1 Å².